The van der Waals surface area contributed by atoms with Gasteiger partial charge in [0.15, 0.2) is 5.75 Å². The molecule has 0 unspecified atom stereocenters. The minimum Gasteiger partial charge on any atom is -0.491 e. The topological polar surface area (TPSA) is 82.4 Å². The van der Waals surface area contributed by atoms with E-state index >= 15 is 0 Å². The number of alkyl halides is 3. The van der Waals surface area contributed by atoms with Crippen molar-refractivity contribution in [2.75, 3.05) is 19.1 Å². The highest BCUT2D eigenvalue weighted by Crippen LogP contribution is 2.33. The zero-order chi connectivity index (χ0) is 22.3. The molecular weight excluding hydrogens is 415 g/mol. The highest BCUT2D eigenvalue weighted by atomic mass is 19.4. The van der Waals surface area contributed by atoms with Crippen molar-refractivity contribution in [1.29, 1.82) is 0 Å². The fourth-order valence-electron chi connectivity index (χ4n) is 3.48. The molecule has 162 valence electrons. The highest BCUT2D eigenvalue weighted by molar-refractivity contribution is 6.10. The molecule has 8 nitrogen and oxygen atoms in total. The lowest BCUT2D eigenvalue weighted by Gasteiger charge is -2.12. The van der Waals surface area contributed by atoms with Gasteiger partial charge in [-0.3, -0.25) is 14.4 Å². The van der Waals surface area contributed by atoms with Gasteiger partial charge in [0.1, 0.15) is 6.54 Å². The van der Waals surface area contributed by atoms with Gasteiger partial charge in [0.25, 0.3) is 11.8 Å². The Kier molecular flexibility index (Phi) is 5.03. The van der Waals surface area contributed by atoms with Crippen LogP contribution in [0.3, 0.4) is 0 Å². The summed E-state index contributed by atoms with van der Waals surface area (Å²) in [6, 6.07) is 5.17. The van der Waals surface area contributed by atoms with Gasteiger partial charge in [-0.15, -0.1) is 0 Å². The first-order chi connectivity index (χ1) is 14.7. The molecule has 1 aliphatic rings. The Hall–Kier alpha value is -3.63. The van der Waals surface area contributed by atoms with Crippen LogP contribution in [0.1, 0.15) is 21.6 Å². The number of nitrogens with zero attached hydrogens (tertiary/aromatic N) is 5. The molecule has 0 bridgehead atoms. The highest BCUT2D eigenvalue weighted by Gasteiger charge is 2.34. The number of halogens is 3. The van der Waals surface area contributed by atoms with E-state index in [1.54, 1.807) is 25.1 Å². The Morgan fingerprint density at radius 1 is 1.13 bits per heavy atom. The largest absolute Gasteiger partial charge is 0.491 e. The zero-order valence-electron chi connectivity index (χ0n) is 16.9. The third-order valence-corrected chi connectivity index (χ3v) is 4.83. The fourth-order valence-corrected chi connectivity index (χ4v) is 3.48. The van der Waals surface area contributed by atoms with Crippen LogP contribution >= 0.6 is 0 Å². The van der Waals surface area contributed by atoms with Gasteiger partial charge in [-0.1, -0.05) is 0 Å². The Labute approximate surface area is 175 Å². The van der Waals surface area contributed by atoms with Crippen molar-refractivity contribution < 1.29 is 27.4 Å². The number of hydrogen-bond acceptors (Lipinski definition) is 6. The van der Waals surface area contributed by atoms with E-state index in [2.05, 4.69) is 15.1 Å². The molecule has 0 radical (unpaired) electrons. The van der Waals surface area contributed by atoms with Crippen molar-refractivity contribution in [3.63, 3.8) is 0 Å². The smallest absolute Gasteiger partial charge is 0.408 e. The number of hydrogen-bond donors (Lipinski definition) is 0. The van der Waals surface area contributed by atoms with Crippen molar-refractivity contribution in [1.82, 2.24) is 19.7 Å². The van der Waals surface area contributed by atoms with Crippen LogP contribution in [0.2, 0.25) is 0 Å². The molecule has 0 aromatic carbocycles. The number of methoxy groups -OCH3 is 2. The van der Waals surface area contributed by atoms with Crippen LogP contribution in [0.5, 0.6) is 11.6 Å². The maximum Gasteiger partial charge on any atom is 0.408 e. The van der Waals surface area contributed by atoms with E-state index in [0.29, 0.717) is 39.8 Å². The minimum absolute atomic E-state index is 0.119. The molecule has 0 spiro atoms. The third-order valence-electron chi connectivity index (χ3n) is 4.83. The number of aromatic nitrogens is 4. The van der Waals surface area contributed by atoms with Crippen LogP contribution in [-0.2, 0) is 13.1 Å². The van der Waals surface area contributed by atoms with E-state index in [0.717, 1.165) is 4.68 Å². The average Bonchev–Trinajstić information content (AvgIpc) is 3.30. The second-order valence-electron chi connectivity index (χ2n) is 6.96. The Bertz CT molecular complexity index is 1160. The molecule has 0 fully saturated rings. The van der Waals surface area contributed by atoms with Gasteiger partial charge in [0.2, 0.25) is 0 Å². The number of aryl methyl sites for hydroxylation is 1. The van der Waals surface area contributed by atoms with Crippen molar-refractivity contribution >= 4 is 11.6 Å². The molecule has 31 heavy (non-hydrogen) atoms. The van der Waals surface area contributed by atoms with E-state index in [-0.39, 0.29) is 18.1 Å². The summed E-state index contributed by atoms with van der Waals surface area (Å²) in [6.45, 7) is 0.668. The molecule has 1 amide bonds. The fraction of sp³-hybridized carbons (Fsp3) is 0.300. The first-order valence-corrected chi connectivity index (χ1v) is 9.21. The summed E-state index contributed by atoms with van der Waals surface area (Å²) in [5, 5.41) is 3.71. The van der Waals surface area contributed by atoms with Crippen LogP contribution < -0.4 is 14.4 Å². The van der Waals surface area contributed by atoms with Crippen LogP contribution in [0.15, 0.2) is 30.6 Å². The van der Waals surface area contributed by atoms with Gasteiger partial charge >= 0.3 is 6.18 Å². The van der Waals surface area contributed by atoms with Gasteiger partial charge in [0, 0.05) is 6.20 Å². The lowest BCUT2D eigenvalue weighted by molar-refractivity contribution is -0.142. The summed E-state index contributed by atoms with van der Waals surface area (Å²) in [6.07, 6.45) is -1.97. The van der Waals surface area contributed by atoms with E-state index < -0.39 is 12.7 Å². The van der Waals surface area contributed by atoms with Crippen LogP contribution in [0, 0.1) is 6.92 Å². The van der Waals surface area contributed by atoms with Gasteiger partial charge in [-0.25, -0.2) is 9.97 Å². The monoisotopic (exact) mass is 433 g/mol. The molecule has 11 heteroatoms. The van der Waals surface area contributed by atoms with Crippen molar-refractivity contribution in [2.45, 2.75) is 26.2 Å². The quantitative estimate of drug-likeness (QED) is 0.614. The predicted molar refractivity (Wildman–Crippen MR) is 104 cm³/mol. The van der Waals surface area contributed by atoms with Gasteiger partial charge < -0.3 is 9.47 Å². The Morgan fingerprint density at radius 2 is 1.90 bits per heavy atom. The third kappa shape index (κ3) is 3.90. The summed E-state index contributed by atoms with van der Waals surface area (Å²) < 4.78 is 49.0. The summed E-state index contributed by atoms with van der Waals surface area (Å²) in [4.78, 5) is 23.3. The average molecular weight is 433 g/mol. The molecule has 0 aliphatic carbocycles. The maximum atomic E-state index is 12.9. The number of pyridine rings is 2. The van der Waals surface area contributed by atoms with E-state index in [1.807, 2.05) is 0 Å². The molecule has 4 rings (SSSR count). The van der Waals surface area contributed by atoms with E-state index in [9.17, 15) is 18.0 Å². The van der Waals surface area contributed by atoms with E-state index in [4.69, 9.17) is 9.47 Å². The molecule has 3 aromatic rings. The number of rotatable bonds is 5. The Morgan fingerprint density at radius 3 is 2.58 bits per heavy atom. The minimum atomic E-state index is -4.40. The maximum absolute atomic E-state index is 12.9. The number of carbonyl (C=O) groups is 1. The lowest BCUT2D eigenvalue weighted by Crippen LogP contribution is -2.23. The lowest BCUT2D eigenvalue weighted by atomic mass is 10.1. The van der Waals surface area contributed by atoms with Crippen LogP contribution in [-0.4, -0.2) is 46.1 Å². The summed E-state index contributed by atoms with van der Waals surface area (Å²) >= 11 is 0. The predicted octanol–water partition coefficient (Wildman–Crippen LogP) is 3.39. The summed E-state index contributed by atoms with van der Waals surface area (Å²) in [5.74, 6) is 0.439. The van der Waals surface area contributed by atoms with Crippen molar-refractivity contribution in [2.24, 2.45) is 0 Å². The van der Waals surface area contributed by atoms with Gasteiger partial charge in [0.05, 0.1) is 55.3 Å². The molecular formula is C20H18F3N5O3. The van der Waals surface area contributed by atoms with Crippen LogP contribution in [0.25, 0.3) is 11.4 Å². The zero-order valence-corrected chi connectivity index (χ0v) is 16.9. The number of ether oxygens (including phenoxy) is 2. The number of carbonyl (C=O) groups excluding carboxylic acids is 1. The first kappa shape index (κ1) is 20.6. The van der Waals surface area contributed by atoms with Gasteiger partial charge in [-0.05, 0) is 30.7 Å². The Balaban J connectivity index is 1.66. The van der Waals surface area contributed by atoms with E-state index in [1.165, 1.54) is 31.5 Å². The van der Waals surface area contributed by atoms with Crippen LogP contribution in [0.4, 0.5) is 18.9 Å². The second-order valence-corrected chi connectivity index (χ2v) is 6.96. The van der Waals surface area contributed by atoms with Gasteiger partial charge in [-0.2, -0.15) is 18.3 Å². The standard InChI is InChI=1S/C20H18F3N5O3/c1-11-6-14(13-4-5-16(30-2)18(26-13)31-3)25-15-9-28(19(29)17(11)15)12-7-24-27(8-12)10-20(21,22)23/h4-8H,9-10H2,1-3H3. The summed E-state index contributed by atoms with van der Waals surface area (Å²) in [7, 11) is 2.99. The molecule has 3 aromatic heterocycles. The number of anilines is 1. The summed E-state index contributed by atoms with van der Waals surface area (Å²) in [5.41, 5.74) is 2.98. The van der Waals surface area contributed by atoms with Crippen molar-refractivity contribution in [3.05, 3.63) is 47.4 Å². The molecule has 1 aliphatic heterocycles. The SMILES string of the molecule is COc1ccc(-c2cc(C)c3c(n2)CN(c2cnn(CC(F)(F)F)c2)C3=O)nc1OC. The molecule has 0 saturated heterocycles. The molecule has 4 heterocycles. The normalized spacial score (nSPS) is 13.5. The number of amides is 1. The molecule has 0 N–H and O–H groups in total. The van der Waals surface area contributed by atoms with Crippen molar-refractivity contribution in [3.8, 4) is 23.0 Å². The molecule has 0 atom stereocenters. The number of fused-ring (bicyclic) bond motifs is 1. The second kappa shape index (κ2) is 7.56. The first-order valence-electron chi connectivity index (χ1n) is 9.21. The molecule has 0 saturated carbocycles.